The maximum atomic E-state index is 13.8. The molecule has 0 aliphatic heterocycles. The van der Waals surface area contributed by atoms with Crippen LogP contribution in [0.25, 0.3) is 16.6 Å². The summed E-state index contributed by atoms with van der Waals surface area (Å²) in [5.74, 6) is -1.21. The van der Waals surface area contributed by atoms with Gasteiger partial charge >= 0.3 is 5.97 Å². The van der Waals surface area contributed by atoms with Gasteiger partial charge in [0.2, 0.25) is 0 Å². The standard InChI is InChI=1S/C22H22FNO3/c1-11(2)21-20(15-10-16(15)22(26)27)17-9-14(25)5-7-19(17)24(21)13-4-6-18(23)12(3)8-13/h4-9,11,15-16,25H,10H2,1-3H3,(H,26,27)/t15-,16-/m0/s1. The Labute approximate surface area is 156 Å². The van der Waals surface area contributed by atoms with E-state index in [0.29, 0.717) is 12.0 Å². The number of aryl methyl sites for hydroxylation is 1. The Morgan fingerprint density at radius 2 is 1.96 bits per heavy atom. The fourth-order valence-electron chi connectivity index (χ4n) is 4.11. The largest absolute Gasteiger partial charge is 0.508 e. The number of hydrogen-bond donors (Lipinski definition) is 2. The molecule has 1 heterocycles. The van der Waals surface area contributed by atoms with Crippen LogP contribution in [0.4, 0.5) is 4.39 Å². The van der Waals surface area contributed by atoms with Crippen molar-refractivity contribution in [1.29, 1.82) is 0 Å². The maximum absolute atomic E-state index is 13.8. The van der Waals surface area contributed by atoms with Gasteiger partial charge in [-0.15, -0.1) is 0 Å². The van der Waals surface area contributed by atoms with Crippen molar-refractivity contribution in [3.8, 4) is 11.4 Å². The van der Waals surface area contributed by atoms with Crippen molar-refractivity contribution in [1.82, 2.24) is 4.57 Å². The average molecular weight is 367 g/mol. The van der Waals surface area contributed by atoms with Crippen molar-refractivity contribution in [3.05, 3.63) is 59.0 Å². The van der Waals surface area contributed by atoms with Crippen molar-refractivity contribution >= 4 is 16.9 Å². The van der Waals surface area contributed by atoms with Gasteiger partial charge in [-0.25, -0.2) is 4.39 Å². The molecule has 4 rings (SSSR count). The summed E-state index contributed by atoms with van der Waals surface area (Å²) in [7, 11) is 0. The van der Waals surface area contributed by atoms with Crippen LogP contribution in [0.2, 0.25) is 0 Å². The molecule has 4 nitrogen and oxygen atoms in total. The van der Waals surface area contributed by atoms with Crippen molar-refractivity contribution in [2.45, 2.75) is 39.0 Å². The average Bonchev–Trinajstić information content (AvgIpc) is 3.32. The first kappa shape index (κ1) is 17.6. The van der Waals surface area contributed by atoms with Crippen LogP contribution < -0.4 is 0 Å². The van der Waals surface area contributed by atoms with Crippen LogP contribution in [0.15, 0.2) is 36.4 Å². The zero-order chi connectivity index (χ0) is 19.5. The van der Waals surface area contributed by atoms with Gasteiger partial charge in [-0.05, 0) is 66.8 Å². The molecule has 0 radical (unpaired) electrons. The summed E-state index contributed by atoms with van der Waals surface area (Å²) >= 11 is 0. The lowest BCUT2D eigenvalue weighted by molar-refractivity contribution is -0.138. The number of halogens is 1. The molecule has 3 aromatic rings. The number of carbonyl (C=O) groups is 1. The number of nitrogens with zero attached hydrogens (tertiary/aromatic N) is 1. The van der Waals surface area contributed by atoms with Gasteiger partial charge in [-0.2, -0.15) is 0 Å². The molecule has 0 spiro atoms. The van der Waals surface area contributed by atoms with Crippen molar-refractivity contribution < 1.29 is 19.4 Å². The zero-order valence-corrected chi connectivity index (χ0v) is 15.5. The second-order valence-electron chi connectivity index (χ2n) is 7.71. The summed E-state index contributed by atoms with van der Waals surface area (Å²) < 4.78 is 15.9. The van der Waals surface area contributed by atoms with E-state index >= 15 is 0 Å². The second-order valence-corrected chi connectivity index (χ2v) is 7.71. The number of rotatable bonds is 4. The van der Waals surface area contributed by atoms with Crippen LogP contribution >= 0.6 is 0 Å². The van der Waals surface area contributed by atoms with E-state index in [1.165, 1.54) is 6.07 Å². The maximum Gasteiger partial charge on any atom is 0.307 e. The topological polar surface area (TPSA) is 62.5 Å². The van der Waals surface area contributed by atoms with E-state index in [9.17, 15) is 19.4 Å². The Balaban J connectivity index is 2.05. The van der Waals surface area contributed by atoms with E-state index < -0.39 is 5.97 Å². The monoisotopic (exact) mass is 367 g/mol. The normalized spacial score (nSPS) is 19.0. The molecule has 1 aliphatic carbocycles. The number of aliphatic carboxylic acids is 1. The van der Waals surface area contributed by atoms with E-state index in [0.717, 1.165) is 27.8 Å². The van der Waals surface area contributed by atoms with Gasteiger partial charge in [0.15, 0.2) is 0 Å². The number of fused-ring (bicyclic) bond motifs is 1. The Morgan fingerprint density at radius 3 is 2.56 bits per heavy atom. The minimum absolute atomic E-state index is 0.0630. The van der Waals surface area contributed by atoms with Gasteiger partial charge in [0.1, 0.15) is 11.6 Å². The van der Waals surface area contributed by atoms with Crippen LogP contribution in [-0.4, -0.2) is 20.7 Å². The minimum atomic E-state index is -0.784. The van der Waals surface area contributed by atoms with Gasteiger partial charge < -0.3 is 14.8 Å². The lowest BCUT2D eigenvalue weighted by atomic mass is 9.98. The van der Waals surface area contributed by atoms with Crippen LogP contribution in [0.1, 0.15) is 48.9 Å². The summed E-state index contributed by atoms with van der Waals surface area (Å²) in [6.07, 6.45) is 0.603. The third-order valence-electron chi connectivity index (χ3n) is 5.45. The molecule has 0 bridgehead atoms. The lowest BCUT2D eigenvalue weighted by Crippen LogP contribution is -2.06. The first-order valence-electron chi connectivity index (χ1n) is 9.16. The molecule has 5 heteroatoms. The third-order valence-corrected chi connectivity index (χ3v) is 5.45. The van der Waals surface area contributed by atoms with Crippen LogP contribution in [0.3, 0.4) is 0 Å². The predicted molar refractivity (Wildman–Crippen MR) is 102 cm³/mol. The van der Waals surface area contributed by atoms with E-state index in [4.69, 9.17) is 0 Å². The summed E-state index contributed by atoms with van der Waals surface area (Å²) in [6.45, 7) is 5.87. The number of carboxylic acid groups (broad SMARTS) is 1. The molecule has 1 fully saturated rings. The number of hydrogen-bond acceptors (Lipinski definition) is 2. The third kappa shape index (κ3) is 2.78. The van der Waals surface area contributed by atoms with Crippen LogP contribution in [-0.2, 0) is 4.79 Å². The molecular formula is C22H22FNO3. The highest BCUT2D eigenvalue weighted by atomic mass is 19.1. The fraction of sp³-hybridized carbons (Fsp3) is 0.318. The van der Waals surface area contributed by atoms with E-state index in [2.05, 4.69) is 18.4 Å². The molecule has 2 aromatic carbocycles. The molecule has 1 saturated carbocycles. The van der Waals surface area contributed by atoms with Crippen molar-refractivity contribution in [2.24, 2.45) is 5.92 Å². The van der Waals surface area contributed by atoms with E-state index in [-0.39, 0.29) is 29.3 Å². The summed E-state index contributed by atoms with van der Waals surface area (Å²) in [6, 6.07) is 10.2. The molecule has 27 heavy (non-hydrogen) atoms. The SMILES string of the molecule is Cc1cc(-n2c(C(C)C)c([C@H]3C[C@@H]3C(=O)O)c3cc(O)ccc32)ccc1F. The molecule has 2 atom stereocenters. The first-order chi connectivity index (χ1) is 12.8. The van der Waals surface area contributed by atoms with Gasteiger partial charge in [-0.3, -0.25) is 4.79 Å². The fourth-order valence-corrected chi connectivity index (χ4v) is 4.11. The molecule has 1 aliphatic rings. The van der Waals surface area contributed by atoms with E-state index in [1.54, 1.807) is 31.2 Å². The highest BCUT2D eigenvalue weighted by Gasteiger charge is 2.47. The second kappa shape index (κ2) is 6.12. The molecule has 0 amide bonds. The quantitative estimate of drug-likeness (QED) is 0.675. The number of carboxylic acids is 1. The molecule has 140 valence electrons. The Kier molecular flexibility index (Phi) is 3.98. The van der Waals surface area contributed by atoms with Gasteiger partial charge in [0.25, 0.3) is 0 Å². The smallest absolute Gasteiger partial charge is 0.307 e. The van der Waals surface area contributed by atoms with Gasteiger partial charge in [-0.1, -0.05) is 13.8 Å². The molecule has 0 unspecified atom stereocenters. The highest BCUT2D eigenvalue weighted by Crippen LogP contribution is 2.53. The number of aromatic hydroxyl groups is 1. The number of benzene rings is 2. The summed E-state index contributed by atoms with van der Waals surface area (Å²) in [5, 5.41) is 20.4. The molecule has 1 aromatic heterocycles. The highest BCUT2D eigenvalue weighted by molar-refractivity contribution is 5.91. The number of phenols is 1. The predicted octanol–water partition coefficient (Wildman–Crippen LogP) is 5.10. The summed E-state index contributed by atoms with van der Waals surface area (Å²) in [4.78, 5) is 11.5. The van der Waals surface area contributed by atoms with E-state index in [1.807, 2.05) is 6.07 Å². The van der Waals surface area contributed by atoms with Crippen molar-refractivity contribution in [2.75, 3.05) is 0 Å². The lowest BCUT2D eigenvalue weighted by Gasteiger charge is -2.16. The number of aromatic nitrogens is 1. The first-order valence-corrected chi connectivity index (χ1v) is 9.16. The Bertz CT molecular complexity index is 1070. The Morgan fingerprint density at radius 1 is 1.22 bits per heavy atom. The van der Waals surface area contributed by atoms with Crippen molar-refractivity contribution in [3.63, 3.8) is 0 Å². The molecule has 0 saturated heterocycles. The van der Waals surface area contributed by atoms with Crippen LogP contribution in [0, 0.1) is 18.7 Å². The summed E-state index contributed by atoms with van der Waals surface area (Å²) in [5.41, 5.74) is 4.31. The zero-order valence-electron chi connectivity index (χ0n) is 15.5. The van der Waals surface area contributed by atoms with Gasteiger partial charge in [0, 0.05) is 22.7 Å². The Hall–Kier alpha value is -2.82. The van der Waals surface area contributed by atoms with Crippen LogP contribution in [0.5, 0.6) is 5.75 Å². The minimum Gasteiger partial charge on any atom is -0.508 e. The number of phenolic OH excluding ortho intramolecular Hbond substituents is 1. The molecule has 2 N–H and O–H groups in total. The van der Waals surface area contributed by atoms with Gasteiger partial charge in [0.05, 0.1) is 11.4 Å². The molecular weight excluding hydrogens is 345 g/mol.